The zero-order chi connectivity index (χ0) is 16.2. The van der Waals surface area contributed by atoms with E-state index in [1.54, 1.807) is 0 Å². The van der Waals surface area contributed by atoms with Crippen molar-refractivity contribution in [3.05, 3.63) is 23.8 Å². The summed E-state index contributed by atoms with van der Waals surface area (Å²) in [6.07, 6.45) is 0.864. The van der Waals surface area contributed by atoms with Crippen molar-refractivity contribution in [3.8, 4) is 5.75 Å². The lowest BCUT2D eigenvalue weighted by atomic mass is 10.1. The number of carbonyl (C=O) groups excluding carboxylic acids is 1. The van der Waals surface area contributed by atoms with Gasteiger partial charge in [0.05, 0.1) is 12.0 Å². The number of sulfonamides is 1. The van der Waals surface area contributed by atoms with Gasteiger partial charge in [0.2, 0.25) is 10.0 Å². The summed E-state index contributed by atoms with van der Waals surface area (Å²) < 4.78 is 30.7. The number of nitrogens with zero attached hydrogens (tertiary/aromatic N) is 1. The largest absolute Gasteiger partial charge is 0.507 e. The molecule has 1 atom stereocenters. The van der Waals surface area contributed by atoms with Gasteiger partial charge in [-0.1, -0.05) is 20.3 Å². The van der Waals surface area contributed by atoms with E-state index in [0.29, 0.717) is 6.54 Å². The van der Waals surface area contributed by atoms with Crippen LogP contribution < -0.4 is 0 Å². The van der Waals surface area contributed by atoms with Crippen molar-refractivity contribution in [1.29, 1.82) is 0 Å². The summed E-state index contributed by atoms with van der Waals surface area (Å²) in [6, 6.07) is 3.57. The lowest BCUT2D eigenvalue weighted by Gasteiger charge is -2.20. The molecule has 0 amide bonds. The quantitative estimate of drug-likeness (QED) is 0.810. The molecule has 6 nitrogen and oxygen atoms in total. The number of phenols is 1. The third-order valence-corrected chi connectivity index (χ3v) is 5.17. The Hall–Kier alpha value is -1.60. The summed E-state index contributed by atoms with van der Waals surface area (Å²) in [6.45, 7) is 4.33. The highest BCUT2D eigenvalue weighted by Gasteiger charge is 2.24. The van der Waals surface area contributed by atoms with Crippen LogP contribution in [-0.4, -0.2) is 44.5 Å². The second-order valence-electron chi connectivity index (χ2n) is 4.97. The zero-order valence-electron chi connectivity index (χ0n) is 12.7. The maximum absolute atomic E-state index is 12.5. The van der Waals surface area contributed by atoms with Gasteiger partial charge < -0.3 is 9.84 Å². The average molecular weight is 315 g/mol. The maximum Gasteiger partial charge on any atom is 0.341 e. The van der Waals surface area contributed by atoms with Gasteiger partial charge in [-0.25, -0.2) is 17.5 Å². The van der Waals surface area contributed by atoms with Crippen LogP contribution in [0.3, 0.4) is 0 Å². The summed E-state index contributed by atoms with van der Waals surface area (Å²) in [5.41, 5.74) is -0.171. The van der Waals surface area contributed by atoms with E-state index in [1.807, 2.05) is 13.8 Å². The topological polar surface area (TPSA) is 83.9 Å². The fraction of sp³-hybridized carbons (Fsp3) is 0.500. The summed E-state index contributed by atoms with van der Waals surface area (Å²) in [5, 5.41) is 9.62. The van der Waals surface area contributed by atoms with Crippen molar-refractivity contribution < 1.29 is 23.1 Å². The molecule has 21 heavy (non-hydrogen) atoms. The van der Waals surface area contributed by atoms with E-state index in [4.69, 9.17) is 0 Å². The number of methoxy groups -OCH3 is 1. The van der Waals surface area contributed by atoms with Gasteiger partial charge >= 0.3 is 5.97 Å². The molecule has 1 aromatic rings. The second-order valence-corrected chi connectivity index (χ2v) is 7.01. The summed E-state index contributed by atoms with van der Waals surface area (Å²) in [5.74, 6) is -0.874. The fourth-order valence-electron chi connectivity index (χ4n) is 1.80. The molecule has 0 spiro atoms. The Labute approximate surface area is 125 Å². The molecule has 0 saturated carbocycles. The second kappa shape index (κ2) is 6.91. The number of carbonyl (C=O) groups is 1. The van der Waals surface area contributed by atoms with Gasteiger partial charge in [-0.05, 0) is 24.1 Å². The smallest absolute Gasteiger partial charge is 0.341 e. The van der Waals surface area contributed by atoms with Gasteiger partial charge in [-0.15, -0.1) is 0 Å². The van der Waals surface area contributed by atoms with Crippen LogP contribution in [0.15, 0.2) is 23.1 Å². The van der Waals surface area contributed by atoms with Gasteiger partial charge in [0, 0.05) is 13.6 Å². The van der Waals surface area contributed by atoms with E-state index in [2.05, 4.69) is 4.74 Å². The number of aromatic hydroxyl groups is 1. The molecule has 0 bridgehead atoms. The Bertz CT molecular complexity index is 612. The van der Waals surface area contributed by atoms with Crippen molar-refractivity contribution in [2.45, 2.75) is 25.2 Å². The van der Waals surface area contributed by atoms with Crippen LogP contribution >= 0.6 is 0 Å². The monoisotopic (exact) mass is 315 g/mol. The number of benzene rings is 1. The molecular formula is C14H21NO5S. The Morgan fingerprint density at radius 2 is 2.05 bits per heavy atom. The first kappa shape index (κ1) is 17.5. The molecule has 1 N–H and O–H groups in total. The number of hydrogen-bond acceptors (Lipinski definition) is 5. The number of phenolic OH excluding ortho intramolecular Hbond substituents is 1. The normalized spacial score (nSPS) is 13.2. The van der Waals surface area contributed by atoms with Crippen molar-refractivity contribution in [3.63, 3.8) is 0 Å². The molecule has 0 saturated heterocycles. The minimum atomic E-state index is -3.71. The standard InChI is InChI=1S/C14H21NO5S/c1-5-10(2)9-15(3)21(18,19)11-6-7-13(16)12(8-11)14(17)20-4/h6-8,10,16H,5,9H2,1-4H3. The SMILES string of the molecule is CCC(C)CN(C)S(=O)(=O)c1ccc(O)c(C(=O)OC)c1. The molecule has 1 aromatic carbocycles. The predicted molar refractivity (Wildman–Crippen MR) is 78.7 cm³/mol. The number of ether oxygens (including phenoxy) is 1. The van der Waals surface area contributed by atoms with Gasteiger partial charge in [0.1, 0.15) is 11.3 Å². The Morgan fingerprint density at radius 1 is 1.43 bits per heavy atom. The third kappa shape index (κ3) is 3.95. The van der Waals surface area contributed by atoms with Gasteiger partial charge in [-0.3, -0.25) is 0 Å². The summed E-state index contributed by atoms with van der Waals surface area (Å²) >= 11 is 0. The Balaban J connectivity index is 3.17. The molecule has 0 aliphatic heterocycles. The van der Waals surface area contributed by atoms with E-state index in [1.165, 1.54) is 23.5 Å². The molecule has 0 fully saturated rings. The molecule has 118 valence electrons. The fourth-order valence-corrected chi connectivity index (χ4v) is 3.11. The lowest BCUT2D eigenvalue weighted by Crippen LogP contribution is -2.31. The van der Waals surface area contributed by atoms with E-state index < -0.39 is 16.0 Å². The van der Waals surface area contributed by atoms with Gasteiger partial charge in [-0.2, -0.15) is 0 Å². The molecular weight excluding hydrogens is 294 g/mol. The predicted octanol–water partition coefficient (Wildman–Crippen LogP) is 1.85. The van der Waals surface area contributed by atoms with E-state index in [9.17, 15) is 18.3 Å². The minimum absolute atomic E-state index is 0.0495. The highest BCUT2D eigenvalue weighted by Crippen LogP contribution is 2.24. The van der Waals surface area contributed by atoms with E-state index in [0.717, 1.165) is 19.6 Å². The van der Waals surface area contributed by atoms with Crippen LogP contribution in [0.5, 0.6) is 5.75 Å². The molecule has 0 aliphatic carbocycles. The van der Waals surface area contributed by atoms with Gasteiger partial charge in [0.15, 0.2) is 0 Å². The highest BCUT2D eigenvalue weighted by atomic mass is 32.2. The van der Waals surface area contributed by atoms with Crippen molar-refractivity contribution in [1.82, 2.24) is 4.31 Å². The lowest BCUT2D eigenvalue weighted by molar-refractivity contribution is 0.0597. The van der Waals surface area contributed by atoms with Crippen LogP contribution in [0, 0.1) is 5.92 Å². The summed E-state index contributed by atoms with van der Waals surface area (Å²) in [4.78, 5) is 11.5. The zero-order valence-corrected chi connectivity index (χ0v) is 13.5. The number of hydrogen-bond donors (Lipinski definition) is 1. The van der Waals surface area contributed by atoms with Crippen molar-refractivity contribution >= 4 is 16.0 Å². The van der Waals surface area contributed by atoms with Crippen LogP contribution in [0.4, 0.5) is 0 Å². The molecule has 1 unspecified atom stereocenters. The average Bonchev–Trinajstić information content (AvgIpc) is 2.46. The molecule has 0 aromatic heterocycles. The summed E-state index contributed by atoms with van der Waals surface area (Å²) in [7, 11) is -1.05. The molecule has 0 radical (unpaired) electrons. The van der Waals surface area contributed by atoms with Crippen LogP contribution in [0.1, 0.15) is 30.6 Å². The third-order valence-electron chi connectivity index (χ3n) is 3.35. The Morgan fingerprint density at radius 3 is 2.57 bits per heavy atom. The van der Waals surface area contributed by atoms with E-state index >= 15 is 0 Å². The van der Waals surface area contributed by atoms with Crippen LogP contribution in [0.25, 0.3) is 0 Å². The number of rotatable bonds is 6. The first-order chi connectivity index (χ1) is 9.73. The first-order valence-corrected chi connectivity index (χ1v) is 8.05. The number of esters is 1. The van der Waals surface area contributed by atoms with Crippen LogP contribution in [0.2, 0.25) is 0 Å². The maximum atomic E-state index is 12.5. The van der Waals surface area contributed by atoms with Crippen molar-refractivity contribution in [2.75, 3.05) is 20.7 Å². The molecule has 0 aliphatic rings. The highest BCUT2D eigenvalue weighted by molar-refractivity contribution is 7.89. The van der Waals surface area contributed by atoms with Crippen LogP contribution in [-0.2, 0) is 14.8 Å². The minimum Gasteiger partial charge on any atom is -0.507 e. The van der Waals surface area contributed by atoms with Gasteiger partial charge in [0.25, 0.3) is 0 Å². The Kier molecular flexibility index (Phi) is 5.74. The molecule has 0 heterocycles. The molecule has 1 rings (SSSR count). The molecule has 7 heteroatoms. The van der Waals surface area contributed by atoms with E-state index in [-0.39, 0.29) is 22.1 Å². The first-order valence-electron chi connectivity index (χ1n) is 6.61. The van der Waals surface area contributed by atoms with Crippen molar-refractivity contribution in [2.24, 2.45) is 5.92 Å².